The smallest absolute Gasteiger partial charge is 0.326 e. The summed E-state index contributed by atoms with van der Waals surface area (Å²) in [5.41, 5.74) is -0.628. The molecule has 0 aromatic heterocycles. The number of carbonyl (C=O) groups excluding carboxylic acids is 1. The van der Waals surface area contributed by atoms with Crippen LogP contribution >= 0.6 is 0 Å². The quantitative estimate of drug-likeness (QED) is 0.544. The fourth-order valence-corrected chi connectivity index (χ4v) is 5.78. The number of benzene rings is 1. The van der Waals surface area contributed by atoms with E-state index in [1.165, 1.54) is 4.90 Å². The van der Waals surface area contributed by atoms with Crippen molar-refractivity contribution in [1.29, 1.82) is 0 Å². The number of aliphatic carboxylic acids is 2. The van der Waals surface area contributed by atoms with E-state index in [4.69, 9.17) is 4.74 Å². The van der Waals surface area contributed by atoms with Gasteiger partial charge >= 0.3 is 11.9 Å². The molecule has 2 aliphatic rings. The molecular formula is C27H39NO6. The van der Waals surface area contributed by atoms with Crippen LogP contribution in [0.25, 0.3) is 0 Å². The van der Waals surface area contributed by atoms with E-state index in [2.05, 4.69) is 0 Å². The van der Waals surface area contributed by atoms with Gasteiger partial charge in [0.1, 0.15) is 6.04 Å². The Hall–Kier alpha value is -2.41. The second-order valence-electron chi connectivity index (χ2n) is 10.9. The van der Waals surface area contributed by atoms with Gasteiger partial charge in [0.05, 0.1) is 18.1 Å². The van der Waals surface area contributed by atoms with Crippen LogP contribution in [0.15, 0.2) is 30.3 Å². The molecule has 34 heavy (non-hydrogen) atoms. The number of carboxylic acids is 2. The van der Waals surface area contributed by atoms with Crippen LogP contribution in [0.4, 0.5) is 0 Å². The highest BCUT2D eigenvalue weighted by atomic mass is 16.5. The van der Waals surface area contributed by atoms with Crippen molar-refractivity contribution in [2.45, 2.75) is 84.5 Å². The molecule has 3 atom stereocenters. The molecule has 7 nitrogen and oxygen atoms in total. The van der Waals surface area contributed by atoms with Crippen LogP contribution < -0.4 is 0 Å². The summed E-state index contributed by atoms with van der Waals surface area (Å²) in [6.07, 6.45) is 4.95. The molecule has 1 aromatic carbocycles. The van der Waals surface area contributed by atoms with E-state index >= 15 is 0 Å². The summed E-state index contributed by atoms with van der Waals surface area (Å²) in [7, 11) is 1.56. The predicted molar refractivity (Wildman–Crippen MR) is 128 cm³/mol. The summed E-state index contributed by atoms with van der Waals surface area (Å²) < 4.78 is 6.06. The molecule has 2 N–H and O–H groups in total. The fourth-order valence-electron chi connectivity index (χ4n) is 5.78. The van der Waals surface area contributed by atoms with E-state index in [-0.39, 0.29) is 17.9 Å². The number of carboxylic acid groups (broad SMARTS) is 2. The van der Waals surface area contributed by atoms with Gasteiger partial charge in [-0.1, -0.05) is 44.2 Å². The second-order valence-corrected chi connectivity index (χ2v) is 10.9. The Labute approximate surface area is 202 Å². The third kappa shape index (κ3) is 5.29. The topological polar surface area (TPSA) is 104 Å². The summed E-state index contributed by atoms with van der Waals surface area (Å²) in [5, 5.41) is 19.7. The first-order valence-corrected chi connectivity index (χ1v) is 12.4. The first kappa shape index (κ1) is 26.2. The van der Waals surface area contributed by atoms with E-state index < -0.39 is 34.7 Å². The summed E-state index contributed by atoms with van der Waals surface area (Å²) in [6.45, 7) is 5.90. The third-order valence-electron chi connectivity index (χ3n) is 8.78. The molecule has 0 heterocycles. The molecule has 0 spiro atoms. The van der Waals surface area contributed by atoms with Crippen LogP contribution in [0.3, 0.4) is 0 Å². The molecule has 188 valence electrons. The molecule has 1 aromatic rings. The third-order valence-corrected chi connectivity index (χ3v) is 8.78. The number of carbonyl (C=O) groups is 3. The standard InChI is InChI=1S/C27H39NO6/c1-26(2)21(14-15-27(26,3)25(32)33)23(29)28(4)22(24(30)31)16-18-10-12-20(13-11-18)34-17-19-8-6-5-7-9-19/h5-9,18,20-22H,10-17H2,1-4H3,(H,30,31)(H,32,33)/t18?,20?,21-,22+,27+/m1/s1. The van der Waals surface area contributed by atoms with E-state index in [0.717, 1.165) is 31.2 Å². The average molecular weight is 474 g/mol. The molecule has 2 fully saturated rings. The number of ether oxygens (including phenoxy) is 1. The number of hydrogen-bond acceptors (Lipinski definition) is 4. The Bertz CT molecular complexity index is 876. The van der Waals surface area contributed by atoms with Crippen LogP contribution in [0.5, 0.6) is 0 Å². The maximum atomic E-state index is 13.4. The molecule has 1 amide bonds. The summed E-state index contributed by atoms with van der Waals surface area (Å²) in [6, 6.07) is 9.14. The Kier molecular flexibility index (Phi) is 8.06. The van der Waals surface area contributed by atoms with Crippen molar-refractivity contribution in [3.8, 4) is 0 Å². The minimum Gasteiger partial charge on any atom is -0.481 e. The number of hydrogen-bond donors (Lipinski definition) is 2. The lowest BCUT2D eigenvalue weighted by molar-refractivity contribution is -0.159. The van der Waals surface area contributed by atoms with Gasteiger partial charge in [0.25, 0.3) is 0 Å². The van der Waals surface area contributed by atoms with Gasteiger partial charge in [-0.15, -0.1) is 0 Å². The molecule has 0 saturated heterocycles. The van der Waals surface area contributed by atoms with Crippen LogP contribution in [-0.4, -0.2) is 52.2 Å². The van der Waals surface area contributed by atoms with Crippen LogP contribution in [0.2, 0.25) is 0 Å². The first-order chi connectivity index (χ1) is 16.0. The molecule has 0 radical (unpaired) electrons. The molecular weight excluding hydrogens is 434 g/mol. The second kappa shape index (κ2) is 10.5. The Morgan fingerprint density at radius 1 is 1.03 bits per heavy atom. The van der Waals surface area contributed by atoms with Crippen LogP contribution in [0.1, 0.15) is 71.3 Å². The predicted octanol–water partition coefficient (Wildman–Crippen LogP) is 4.59. The Balaban J connectivity index is 1.56. The largest absolute Gasteiger partial charge is 0.481 e. The normalized spacial score (nSPS) is 29.4. The average Bonchev–Trinajstić information content (AvgIpc) is 3.06. The van der Waals surface area contributed by atoms with Crippen molar-refractivity contribution in [3.63, 3.8) is 0 Å². The molecule has 7 heteroatoms. The molecule has 0 aliphatic heterocycles. The number of nitrogens with zero attached hydrogens (tertiary/aromatic N) is 1. The zero-order chi connectivity index (χ0) is 25.1. The van der Waals surface area contributed by atoms with Crippen molar-refractivity contribution in [3.05, 3.63) is 35.9 Å². The zero-order valence-electron chi connectivity index (χ0n) is 20.8. The SMILES string of the molecule is CN(C(=O)[C@H]1CC[C@@](C)(C(=O)O)C1(C)C)[C@@H](CC1CCC(OCc2ccccc2)CC1)C(=O)O. The number of likely N-dealkylation sites (N-methyl/N-ethyl adjacent to an activating group) is 1. The van der Waals surface area contributed by atoms with E-state index in [9.17, 15) is 24.6 Å². The van der Waals surface area contributed by atoms with Crippen molar-refractivity contribution in [2.75, 3.05) is 7.05 Å². The van der Waals surface area contributed by atoms with Gasteiger partial charge in [0, 0.05) is 13.0 Å². The Morgan fingerprint density at radius 2 is 1.65 bits per heavy atom. The minimum absolute atomic E-state index is 0.173. The zero-order valence-corrected chi connectivity index (χ0v) is 20.8. The summed E-state index contributed by atoms with van der Waals surface area (Å²) in [4.78, 5) is 38.8. The highest BCUT2D eigenvalue weighted by Crippen LogP contribution is 2.56. The van der Waals surface area contributed by atoms with Gasteiger partial charge in [-0.2, -0.15) is 0 Å². The van der Waals surface area contributed by atoms with Gasteiger partial charge in [0.15, 0.2) is 0 Å². The number of amides is 1. The lowest BCUT2D eigenvalue weighted by atomic mass is 9.65. The van der Waals surface area contributed by atoms with E-state index in [1.807, 2.05) is 44.2 Å². The van der Waals surface area contributed by atoms with Gasteiger partial charge in [-0.05, 0) is 68.8 Å². The number of rotatable bonds is 9. The lowest BCUT2D eigenvalue weighted by Gasteiger charge is -2.40. The summed E-state index contributed by atoms with van der Waals surface area (Å²) >= 11 is 0. The van der Waals surface area contributed by atoms with Crippen molar-refractivity contribution in [1.82, 2.24) is 4.90 Å². The van der Waals surface area contributed by atoms with E-state index in [1.54, 1.807) is 14.0 Å². The van der Waals surface area contributed by atoms with Crippen LogP contribution in [0, 0.1) is 22.7 Å². The first-order valence-electron chi connectivity index (χ1n) is 12.4. The minimum atomic E-state index is -1.01. The van der Waals surface area contributed by atoms with Gasteiger partial charge in [-0.25, -0.2) is 4.79 Å². The van der Waals surface area contributed by atoms with Gasteiger partial charge < -0.3 is 19.8 Å². The Morgan fingerprint density at radius 3 is 2.18 bits per heavy atom. The lowest BCUT2D eigenvalue weighted by Crippen LogP contribution is -2.50. The monoisotopic (exact) mass is 473 g/mol. The molecule has 3 rings (SSSR count). The molecule has 0 bridgehead atoms. The van der Waals surface area contributed by atoms with Crippen molar-refractivity contribution < 1.29 is 29.3 Å². The molecule has 0 unspecified atom stereocenters. The van der Waals surface area contributed by atoms with Gasteiger partial charge in [0.2, 0.25) is 5.91 Å². The van der Waals surface area contributed by atoms with Crippen molar-refractivity contribution in [2.24, 2.45) is 22.7 Å². The molecule has 2 saturated carbocycles. The maximum absolute atomic E-state index is 13.4. The van der Waals surface area contributed by atoms with Crippen molar-refractivity contribution >= 4 is 17.8 Å². The maximum Gasteiger partial charge on any atom is 0.326 e. The summed E-state index contributed by atoms with van der Waals surface area (Å²) in [5.74, 6) is -2.47. The fraction of sp³-hybridized carbons (Fsp3) is 0.667. The highest BCUT2D eigenvalue weighted by molar-refractivity contribution is 5.87. The van der Waals surface area contributed by atoms with E-state index in [0.29, 0.717) is 25.9 Å². The molecule has 2 aliphatic carbocycles. The van der Waals surface area contributed by atoms with Crippen LogP contribution in [-0.2, 0) is 25.7 Å². The highest BCUT2D eigenvalue weighted by Gasteiger charge is 2.59. The van der Waals surface area contributed by atoms with Gasteiger partial charge in [-0.3, -0.25) is 9.59 Å².